The van der Waals surface area contributed by atoms with E-state index >= 15 is 0 Å². The van der Waals surface area contributed by atoms with Crippen molar-refractivity contribution in [2.24, 2.45) is 5.10 Å². The van der Waals surface area contributed by atoms with Crippen molar-refractivity contribution in [1.82, 2.24) is 15.2 Å². The maximum absolute atomic E-state index is 4.83. The van der Waals surface area contributed by atoms with Crippen molar-refractivity contribution in [2.45, 2.75) is 6.92 Å². The lowest BCUT2D eigenvalue weighted by atomic mass is 10.2. The van der Waals surface area contributed by atoms with Gasteiger partial charge in [-0.15, -0.1) is 0 Å². The summed E-state index contributed by atoms with van der Waals surface area (Å²) in [5, 5.41) is 9.57. The van der Waals surface area contributed by atoms with Crippen molar-refractivity contribution in [2.75, 3.05) is 5.43 Å². The van der Waals surface area contributed by atoms with E-state index in [0.717, 1.165) is 11.3 Å². The van der Waals surface area contributed by atoms with Gasteiger partial charge in [-0.1, -0.05) is 36.4 Å². The van der Waals surface area contributed by atoms with Crippen LogP contribution in [0.1, 0.15) is 12.5 Å². The quantitative estimate of drug-likeness (QED) is 0.449. The molecule has 3 N–H and O–H groups in total. The fourth-order valence-electron chi connectivity index (χ4n) is 1.28. The number of allylic oxidation sites excluding steroid dienone is 1. The van der Waals surface area contributed by atoms with Crippen LogP contribution in [0.15, 0.2) is 41.5 Å². The molecule has 18 heavy (non-hydrogen) atoms. The highest BCUT2D eigenvalue weighted by atomic mass is 32.1. The Labute approximate surface area is 110 Å². The molecule has 5 nitrogen and oxygen atoms in total. The Balaban J connectivity index is 1.97. The van der Waals surface area contributed by atoms with Gasteiger partial charge in [-0.25, -0.2) is 5.43 Å². The fraction of sp³-hybridized carbons (Fsp3) is 0.0833. The highest BCUT2D eigenvalue weighted by Crippen LogP contribution is 2.01. The molecule has 0 fully saturated rings. The third-order valence-corrected chi connectivity index (χ3v) is 2.35. The first-order valence-corrected chi connectivity index (χ1v) is 5.83. The summed E-state index contributed by atoms with van der Waals surface area (Å²) in [5.74, 6) is 0.493. The molecule has 1 heterocycles. The van der Waals surface area contributed by atoms with Crippen LogP contribution in [-0.4, -0.2) is 20.9 Å². The van der Waals surface area contributed by atoms with Crippen molar-refractivity contribution >= 4 is 30.0 Å². The number of nitrogens with zero attached hydrogens (tertiary/aromatic N) is 2. The van der Waals surface area contributed by atoms with E-state index in [1.54, 1.807) is 0 Å². The topological polar surface area (TPSA) is 68.9 Å². The van der Waals surface area contributed by atoms with Crippen molar-refractivity contribution in [3.63, 3.8) is 0 Å². The summed E-state index contributed by atoms with van der Waals surface area (Å²) < 4.78 is 0.394. The molecule has 0 bridgehead atoms. The number of aromatic amines is 2. The summed E-state index contributed by atoms with van der Waals surface area (Å²) >= 11 is 4.83. The van der Waals surface area contributed by atoms with Gasteiger partial charge in [-0.2, -0.15) is 10.1 Å². The zero-order chi connectivity index (χ0) is 12.8. The molecule has 0 saturated heterocycles. The minimum atomic E-state index is 0.394. The van der Waals surface area contributed by atoms with E-state index in [4.69, 9.17) is 12.2 Å². The predicted molar refractivity (Wildman–Crippen MR) is 76.0 cm³/mol. The second kappa shape index (κ2) is 5.92. The summed E-state index contributed by atoms with van der Waals surface area (Å²) in [6.45, 7) is 1.90. The van der Waals surface area contributed by atoms with E-state index in [1.807, 2.05) is 49.4 Å². The molecule has 92 valence electrons. The summed E-state index contributed by atoms with van der Waals surface area (Å²) in [5.41, 5.74) is 4.74. The molecule has 0 radical (unpaired) electrons. The second-order valence-corrected chi connectivity index (χ2v) is 4.01. The molecule has 0 aliphatic carbocycles. The van der Waals surface area contributed by atoms with Crippen LogP contribution < -0.4 is 5.43 Å². The van der Waals surface area contributed by atoms with E-state index in [-0.39, 0.29) is 0 Å². The third kappa shape index (κ3) is 3.67. The molecule has 0 saturated carbocycles. The van der Waals surface area contributed by atoms with Gasteiger partial charge in [0.25, 0.3) is 0 Å². The third-order valence-electron chi connectivity index (χ3n) is 2.16. The largest absolute Gasteiger partial charge is 0.272 e. The average Bonchev–Trinajstić information content (AvgIpc) is 2.81. The summed E-state index contributed by atoms with van der Waals surface area (Å²) in [6, 6.07) is 10.0. The van der Waals surface area contributed by atoms with Crippen LogP contribution in [0.25, 0.3) is 6.08 Å². The number of hydrazone groups is 1. The molecule has 2 aromatic rings. The molecule has 1 aromatic carbocycles. The first kappa shape index (κ1) is 12.3. The predicted octanol–water partition coefficient (Wildman–Crippen LogP) is 2.97. The number of H-pyrrole nitrogens is 2. The van der Waals surface area contributed by atoms with Crippen molar-refractivity contribution in [1.29, 1.82) is 0 Å². The van der Waals surface area contributed by atoms with Gasteiger partial charge in [0.05, 0.1) is 5.71 Å². The summed E-state index contributed by atoms with van der Waals surface area (Å²) in [7, 11) is 0. The lowest BCUT2D eigenvalue weighted by Crippen LogP contribution is -1.95. The minimum Gasteiger partial charge on any atom is -0.272 e. The molecule has 0 amide bonds. The highest BCUT2D eigenvalue weighted by Gasteiger charge is 1.92. The maximum atomic E-state index is 4.83. The minimum absolute atomic E-state index is 0.394. The molecule has 6 heteroatoms. The lowest BCUT2D eigenvalue weighted by molar-refractivity contribution is 1.07. The Morgan fingerprint density at radius 3 is 2.78 bits per heavy atom. The van der Waals surface area contributed by atoms with E-state index in [1.165, 1.54) is 0 Å². The summed E-state index contributed by atoms with van der Waals surface area (Å²) in [4.78, 5) is 3.96. The number of aromatic nitrogens is 3. The smallest absolute Gasteiger partial charge is 0.238 e. The van der Waals surface area contributed by atoms with E-state index in [9.17, 15) is 0 Å². The number of nitrogens with one attached hydrogen (secondary N) is 3. The molecular weight excluding hydrogens is 246 g/mol. The van der Waals surface area contributed by atoms with Gasteiger partial charge in [0, 0.05) is 0 Å². The van der Waals surface area contributed by atoms with E-state index < -0.39 is 0 Å². The number of hydrogen-bond acceptors (Lipinski definition) is 4. The molecule has 2 rings (SSSR count). The molecule has 0 unspecified atom stereocenters. The molecule has 1 aromatic heterocycles. The molecule has 0 spiro atoms. The number of benzene rings is 1. The number of anilines is 1. The van der Waals surface area contributed by atoms with Crippen LogP contribution in [0.3, 0.4) is 0 Å². The second-order valence-electron chi connectivity index (χ2n) is 3.62. The first-order valence-electron chi connectivity index (χ1n) is 5.42. The molecular formula is C12H13N5S. The van der Waals surface area contributed by atoms with Gasteiger partial charge in [-0.3, -0.25) is 10.2 Å². The molecule has 0 aliphatic rings. The summed E-state index contributed by atoms with van der Waals surface area (Å²) in [6.07, 6.45) is 3.91. The van der Waals surface area contributed by atoms with Gasteiger partial charge in [0.15, 0.2) is 0 Å². The Bertz CT molecular complexity index is 609. The van der Waals surface area contributed by atoms with Gasteiger partial charge >= 0.3 is 0 Å². The Hall–Kier alpha value is -2.21. The standard InChI is InChI=1S/C12H13N5S/c1-9(7-8-10-5-3-2-4-6-10)14-15-11-13-12(18)17-16-11/h2-8H,1H3,(H3,13,15,16,17,18). The van der Waals surface area contributed by atoms with Crippen LogP contribution in [0, 0.1) is 4.77 Å². The van der Waals surface area contributed by atoms with Gasteiger partial charge in [-0.05, 0) is 30.8 Å². The zero-order valence-electron chi connectivity index (χ0n) is 9.84. The Kier molecular flexibility index (Phi) is 4.03. The van der Waals surface area contributed by atoms with Crippen LogP contribution in [0.5, 0.6) is 0 Å². The SMILES string of the molecule is CC(C=Cc1ccccc1)=NNc1nc(=S)[nH][nH]1. The monoisotopic (exact) mass is 259 g/mol. The van der Waals surface area contributed by atoms with Crippen LogP contribution in [0.2, 0.25) is 0 Å². The van der Waals surface area contributed by atoms with Crippen LogP contribution >= 0.6 is 12.2 Å². The Morgan fingerprint density at radius 2 is 2.11 bits per heavy atom. The van der Waals surface area contributed by atoms with Crippen LogP contribution in [0.4, 0.5) is 5.95 Å². The molecule has 0 atom stereocenters. The number of hydrogen-bond donors (Lipinski definition) is 3. The van der Waals surface area contributed by atoms with Crippen molar-refractivity contribution in [3.05, 3.63) is 46.7 Å². The van der Waals surface area contributed by atoms with Gasteiger partial charge in [0.2, 0.25) is 10.7 Å². The normalized spacial score (nSPS) is 11.9. The van der Waals surface area contributed by atoms with Crippen molar-refractivity contribution in [3.8, 4) is 0 Å². The Morgan fingerprint density at radius 1 is 1.33 bits per heavy atom. The van der Waals surface area contributed by atoms with Crippen molar-refractivity contribution < 1.29 is 0 Å². The maximum Gasteiger partial charge on any atom is 0.238 e. The fourth-order valence-corrected chi connectivity index (χ4v) is 1.42. The molecule has 0 aliphatic heterocycles. The van der Waals surface area contributed by atoms with Crippen LogP contribution in [-0.2, 0) is 0 Å². The zero-order valence-corrected chi connectivity index (χ0v) is 10.7. The average molecular weight is 259 g/mol. The van der Waals surface area contributed by atoms with Gasteiger partial charge < -0.3 is 0 Å². The highest BCUT2D eigenvalue weighted by molar-refractivity contribution is 7.71. The van der Waals surface area contributed by atoms with E-state index in [2.05, 4.69) is 25.7 Å². The lowest BCUT2D eigenvalue weighted by Gasteiger charge is -1.95. The van der Waals surface area contributed by atoms with Gasteiger partial charge in [0.1, 0.15) is 0 Å². The van der Waals surface area contributed by atoms with E-state index in [0.29, 0.717) is 10.7 Å². The first-order chi connectivity index (χ1) is 8.74. The number of rotatable bonds is 4.